The minimum absolute atomic E-state index is 0.0948. The molecule has 1 atom stereocenters. The van der Waals surface area contributed by atoms with Gasteiger partial charge in [-0.3, -0.25) is 0 Å². The number of halogens is 1. The summed E-state index contributed by atoms with van der Waals surface area (Å²) in [4.78, 5) is 1.23. The quantitative estimate of drug-likeness (QED) is 0.908. The zero-order valence-electron chi connectivity index (χ0n) is 9.11. The standard InChI is InChI=1S/C13H14BrNS/c1-9-4-2-3-5-10(9)8-11(15)12-6-7-13(14)16-12/h2-7,11H,8,15H2,1H3. The summed E-state index contributed by atoms with van der Waals surface area (Å²) < 4.78 is 1.14. The van der Waals surface area contributed by atoms with Crippen LogP contribution in [0.3, 0.4) is 0 Å². The van der Waals surface area contributed by atoms with Crippen molar-refractivity contribution in [3.05, 3.63) is 56.2 Å². The van der Waals surface area contributed by atoms with Crippen LogP contribution in [0, 0.1) is 6.92 Å². The molecule has 2 rings (SSSR count). The van der Waals surface area contributed by atoms with Gasteiger partial charge in [0.1, 0.15) is 0 Å². The van der Waals surface area contributed by atoms with Crippen molar-refractivity contribution < 1.29 is 0 Å². The van der Waals surface area contributed by atoms with E-state index in [2.05, 4.69) is 59.3 Å². The van der Waals surface area contributed by atoms with Gasteiger partial charge in [0.2, 0.25) is 0 Å². The minimum atomic E-state index is 0.0948. The summed E-state index contributed by atoms with van der Waals surface area (Å²) in [5, 5.41) is 0. The van der Waals surface area contributed by atoms with Crippen LogP contribution >= 0.6 is 27.3 Å². The summed E-state index contributed by atoms with van der Waals surface area (Å²) in [6, 6.07) is 12.7. The Morgan fingerprint density at radius 1 is 1.25 bits per heavy atom. The van der Waals surface area contributed by atoms with Crippen LogP contribution in [-0.2, 0) is 6.42 Å². The van der Waals surface area contributed by atoms with Crippen molar-refractivity contribution in [3.8, 4) is 0 Å². The van der Waals surface area contributed by atoms with Crippen molar-refractivity contribution in [2.75, 3.05) is 0 Å². The molecule has 0 bridgehead atoms. The number of aryl methyl sites for hydroxylation is 1. The van der Waals surface area contributed by atoms with Crippen LogP contribution in [0.2, 0.25) is 0 Å². The second kappa shape index (κ2) is 5.13. The lowest BCUT2D eigenvalue weighted by Crippen LogP contribution is -2.12. The summed E-state index contributed by atoms with van der Waals surface area (Å²) in [5.41, 5.74) is 8.85. The number of hydrogen-bond acceptors (Lipinski definition) is 2. The van der Waals surface area contributed by atoms with Crippen molar-refractivity contribution in [1.82, 2.24) is 0 Å². The fourth-order valence-electron chi connectivity index (χ4n) is 1.70. The molecule has 0 saturated carbocycles. The normalized spacial score (nSPS) is 12.7. The summed E-state index contributed by atoms with van der Waals surface area (Å²) in [6.07, 6.45) is 0.902. The van der Waals surface area contributed by atoms with Crippen LogP contribution < -0.4 is 5.73 Å². The molecule has 0 fully saturated rings. The maximum absolute atomic E-state index is 6.20. The van der Waals surface area contributed by atoms with E-state index in [-0.39, 0.29) is 6.04 Å². The molecule has 16 heavy (non-hydrogen) atoms. The Hall–Kier alpha value is -0.640. The van der Waals surface area contributed by atoms with Crippen LogP contribution in [-0.4, -0.2) is 0 Å². The molecule has 2 aromatic rings. The van der Waals surface area contributed by atoms with Gasteiger partial charge in [0.25, 0.3) is 0 Å². The van der Waals surface area contributed by atoms with E-state index in [0.29, 0.717) is 0 Å². The van der Waals surface area contributed by atoms with Gasteiger partial charge in [-0.05, 0) is 52.5 Å². The molecule has 1 heterocycles. The second-order valence-electron chi connectivity index (χ2n) is 3.88. The first-order valence-corrected chi connectivity index (χ1v) is 6.83. The smallest absolute Gasteiger partial charge is 0.0701 e. The predicted octanol–water partition coefficient (Wildman–Crippen LogP) is 4.06. The molecule has 0 saturated heterocycles. The molecule has 0 aliphatic heterocycles. The van der Waals surface area contributed by atoms with E-state index in [1.807, 2.05) is 0 Å². The van der Waals surface area contributed by atoms with Crippen LogP contribution in [0.25, 0.3) is 0 Å². The second-order valence-corrected chi connectivity index (χ2v) is 6.37. The zero-order chi connectivity index (χ0) is 11.5. The minimum Gasteiger partial charge on any atom is -0.323 e. The van der Waals surface area contributed by atoms with E-state index < -0.39 is 0 Å². The maximum Gasteiger partial charge on any atom is 0.0701 e. The summed E-state index contributed by atoms with van der Waals surface area (Å²) in [7, 11) is 0. The van der Waals surface area contributed by atoms with Gasteiger partial charge in [-0.2, -0.15) is 0 Å². The predicted molar refractivity (Wildman–Crippen MR) is 73.8 cm³/mol. The summed E-state index contributed by atoms with van der Waals surface area (Å²) in [5.74, 6) is 0. The molecule has 0 radical (unpaired) electrons. The molecular formula is C13H14BrNS. The lowest BCUT2D eigenvalue weighted by molar-refractivity contribution is 0.733. The maximum atomic E-state index is 6.20. The van der Waals surface area contributed by atoms with Gasteiger partial charge in [0.15, 0.2) is 0 Å². The fourth-order valence-corrected chi connectivity index (χ4v) is 3.13. The third-order valence-corrected chi connectivity index (χ3v) is 4.42. The number of hydrogen-bond donors (Lipinski definition) is 1. The molecule has 0 aliphatic carbocycles. The lowest BCUT2D eigenvalue weighted by Gasteiger charge is -2.11. The van der Waals surface area contributed by atoms with E-state index >= 15 is 0 Å². The largest absolute Gasteiger partial charge is 0.323 e. The van der Waals surface area contributed by atoms with Gasteiger partial charge < -0.3 is 5.73 Å². The molecule has 1 unspecified atom stereocenters. The topological polar surface area (TPSA) is 26.0 Å². The Morgan fingerprint density at radius 2 is 2.00 bits per heavy atom. The van der Waals surface area contributed by atoms with E-state index in [4.69, 9.17) is 5.73 Å². The van der Waals surface area contributed by atoms with Crippen LogP contribution in [0.1, 0.15) is 22.0 Å². The number of nitrogens with two attached hydrogens (primary N) is 1. The first-order valence-electron chi connectivity index (χ1n) is 5.22. The Kier molecular flexibility index (Phi) is 3.79. The molecule has 2 N–H and O–H groups in total. The van der Waals surface area contributed by atoms with Crippen LogP contribution in [0.15, 0.2) is 40.2 Å². The molecule has 0 aliphatic rings. The number of rotatable bonds is 3. The monoisotopic (exact) mass is 295 g/mol. The van der Waals surface area contributed by atoms with Crippen molar-refractivity contribution >= 4 is 27.3 Å². The average Bonchev–Trinajstić information content (AvgIpc) is 2.68. The Bertz CT molecular complexity index is 478. The number of benzene rings is 1. The van der Waals surface area contributed by atoms with E-state index in [1.54, 1.807) is 11.3 Å². The fraction of sp³-hybridized carbons (Fsp3) is 0.231. The van der Waals surface area contributed by atoms with E-state index in [9.17, 15) is 0 Å². The summed E-state index contributed by atoms with van der Waals surface area (Å²) >= 11 is 5.18. The first-order chi connectivity index (χ1) is 7.66. The first kappa shape index (κ1) is 11.8. The molecule has 1 aromatic carbocycles. The molecule has 3 heteroatoms. The van der Waals surface area contributed by atoms with Crippen molar-refractivity contribution in [3.63, 3.8) is 0 Å². The molecule has 1 aromatic heterocycles. The third-order valence-electron chi connectivity index (χ3n) is 2.66. The zero-order valence-corrected chi connectivity index (χ0v) is 11.5. The highest BCUT2D eigenvalue weighted by Gasteiger charge is 2.10. The average molecular weight is 296 g/mol. The summed E-state index contributed by atoms with van der Waals surface area (Å²) in [6.45, 7) is 2.13. The van der Waals surface area contributed by atoms with Gasteiger partial charge in [0.05, 0.1) is 3.79 Å². The van der Waals surface area contributed by atoms with E-state index in [0.717, 1.165) is 10.2 Å². The van der Waals surface area contributed by atoms with Gasteiger partial charge >= 0.3 is 0 Å². The van der Waals surface area contributed by atoms with Gasteiger partial charge in [0, 0.05) is 10.9 Å². The van der Waals surface area contributed by atoms with Gasteiger partial charge in [-0.25, -0.2) is 0 Å². The van der Waals surface area contributed by atoms with Gasteiger partial charge in [-0.15, -0.1) is 11.3 Å². The number of thiophene rings is 1. The Balaban J connectivity index is 2.13. The molecule has 84 valence electrons. The lowest BCUT2D eigenvalue weighted by atomic mass is 10.0. The Labute approximate surface area is 108 Å². The van der Waals surface area contributed by atoms with Crippen molar-refractivity contribution in [2.24, 2.45) is 5.73 Å². The van der Waals surface area contributed by atoms with Crippen LogP contribution in [0.5, 0.6) is 0 Å². The highest BCUT2D eigenvalue weighted by Crippen LogP contribution is 2.28. The third kappa shape index (κ3) is 2.73. The van der Waals surface area contributed by atoms with Crippen molar-refractivity contribution in [1.29, 1.82) is 0 Å². The Morgan fingerprint density at radius 3 is 2.62 bits per heavy atom. The molecule has 0 amide bonds. The van der Waals surface area contributed by atoms with E-state index in [1.165, 1.54) is 16.0 Å². The SMILES string of the molecule is Cc1ccccc1CC(N)c1ccc(Br)s1. The molecule has 1 nitrogen and oxygen atoms in total. The van der Waals surface area contributed by atoms with Gasteiger partial charge in [-0.1, -0.05) is 24.3 Å². The highest BCUT2D eigenvalue weighted by atomic mass is 79.9. The van der Waals surface area contributed by atoms with Crippen molar-refractivity contribution in [2.45, 2.75) is 19.4 Å². The molecular weight excluding hydrogens is 282 g/mol. The molecule has 0 spiro atoms. The highest BCUT2D eigenvalue weighted by molar-refractivity contribution is 9.11. The van der Waals surface area contributed by atoms with Crippen LogP contribution in [0.4, 0.5) is 0 Å².